The SMILES string of the molecule is CN1CCN(C(=O)c2cc(N(C)S(=O)(=O)c3ccccc3)ccn2)CC1. The third kappa shape index (κ3) is 3.71. The maximum absolute atomic E-state index is 12.8. The Labute approximate surface area is 153 Å². The highest BCUT2D eigenvalue weighted by Crippen LogP contribution is 2.22. The van der Waals surface area contributed by atoms with Crippen molar-refractivity contribution >= 4 is 21.6 Å². The molecule has 0 saturated carbocycles. The van der Waals surface area contributed by atoms with E-state index in [1.54, 1.807) is 41.3 Å². The molecule has 0 atom stereocenters. The van der Waals surface area contributed by atoms with Gasteiger partial charge in [-0.25, -0.2) is 8.42 Å². The normalized spacial score (nSPS) is 15.7. The van der Waals surface area contributed by atoms with Crippen LogP contribution in [-0.4, -0.2) is 69.4 Å². The van der Waals surface area contributed by atoms with E-state index in [1.807, 2.05) is 7.05 Å². The molecule has 1 fully saturated rings. The van der Waals surface area contributed by atoms with Crippen LogP contribution in [0.25, 0.3) is 0 Å². The van der Waals surface area contributed by atoms with Gasteiger partial charge in [0.2, 0.25) is 0 Å². The minimum atomic E-state index is -3.69. The third-order valence-corrected chi connectivity index (χ3v) is 6.32. The van der Waals surface area contributed by atoms with Crippen LogP contribution in [-0.2, 0) is 10.0 Å². The number of aromatic nitrogens is 1. The maximum Gasteiger partial charge on any atom is 0.272 e. The predicted octanol–water partition coefficient (Wildman–Crippen LogP) is 1.29. The number of amides is 1. The highest BCUT2D eigenvalue weighted by Gasteiger charge is 2.24. The molecule has 2 aromatic rings. The first-order chi connectivity index (χ1) is 12.4. The molecule has 0 spiro atoms. The summed E-state index contributed by atoms with van der Waals surface area (Å²) in [5, 5.41) is 0. The van der Waals surface area contributed by atoms with E-state index >= 15 is 0 Å². The van der Waals surface area contributed by atoms with Gasteiger partial charge in [-0.2, -0.15) is 0 Å². The van der Waals surface area contributed by atoms with Crippen molar-refractivity contribution in [3.05, 3.63) is 54.4 Å². The smallest absolute Gasteiger partial charge is 0.272 e. The van der Waals surface area contributed by atoms with Crippen molar-refractivity contribution in [2.24, 2.45) is 0 Å². The van der Waals surface area contributed by atoms with Crippen LogP contribution < -0.4 is 4.31 Å². The molecular formula is C18H22N4O3S. The summed E-state index contributed by atoms with van der Waals surface area (Å²) in [6.45, 7) is 2.90. The van der Waals surface area contributed by atoms with Crippen LogP contribution in [0.1, 0.15) is 10.5 Å². The first-order valence-electron chi connectivity index (χ1n) is 8.37. The summed E-state index contributed by atoms with van der Waals surface area (Å²) < 4.78 is 26.7. The van der Waals surface area contributed by atoms with Crippen LogP contribution in [0.3, 0.4) is 0 Å². The van der Waals surface area contributed by atoms with Crippen LogP contribution >= 0.6 is 0 Å². The second kappa shape index (κ2) is 7.43. The lowest BCUT2D eigenvalue weighted by Gasteiger charge is -2.32. The second-order valence-corrected chi connectivity index (χ2v) is 8.25. The molecule has 0 unspecified atom stereocenters. The van der Waals surface area contributed by atoms with Gasteiger partial charge in [0.15, 0.2) is 0 Å². The lowest BCUT2D eigenvalue weighted by atomic mass is 10.2. The Hall–Kier alpha value is -2.45. The molecule has 0 aliphatic carbocycles. The van der Waals surface area contributed by atoms with Crippen molar-refractivity contribution in [2.45, 2.75) is 4.90 Å². The highest BCUT2D eigenvalue weighted by molar-refractivity contribution is 7.92. The molecule has 0 N–H and O–H groups in total. The van der Waals surface area contributed by atoms with Gasteiger partial charge in [0.05, 0.1) is 10.6 Å². The number of benzene rings is 1. The Morgan fingerprint density at radius 3 is 2.38 bits per heavy atom. The Balaban J connectivity index is 1.84. The molecule has 7 nitrogen and oxygen atoms in total. The number of likely N-dealkylation sites (N-methyl/N-ethyl adjacent to an activating group) is 1. The fourth-order valence-electron chi connectivity index (χ4n) is 2.79. The quantitative estimate of drug-likeness (QED) is 0.806. The van der Waals surface area contributed by atoms with Crippen LogP contribution in [0.15, 0.2) is 53.6 Å². The molecule has 1 aromatic carbocycles. The van der Waals surface area contributed by atoms with Gasteiger partial charge >= 0.3 is 0 Å². The zero-order chi connectivity index (χ0) is 18.7. The van der Waals surface area contributed by atoms with Crippen molar-refractivity contribution in [1.29, 1.82) is 0 Å². The van der Waals surface area contributed by atoms with Gasteiger partial charge in [0.25, 0.3) is 15.9 Å². The van der Waals surface area contributed by atoms with E-state index in [0.717, 1.165) is 13.1 Å². The van der Waals surface area contributed by atoms with E-state index in [9.17, 15) is 13.2 Å². The number of hydrogen-bond acceptors (Lipinski definition) is 5. The molecule has 1 aliphatic heterocycles. The Bertz CT molecular complexity index is 878. The summed E-state index contributed by atoms with van der Waals surface area (Å²) in [6, 6.07) is 11.3. The van der Waals surface area contributed by atoms with Crippen LogP contribution in [0.2, 0.25) is 0 Å². The van der Waals surface area contributed by atoms with E-state index in [0.29, 0.717) is 18.8 Å². The highest BCUT2D eigenvalue weighted by atomic mass is 32.2. The predicted molar refractivity (Wildman–Crippen MR) is 99.7 cm³/mol. The van der Waals surface area contributed by atoms with Gasteiger partial charge in [-0.3, -0.25) is 14.1 Å². The van der Waals surface area contributed by atoms with Crippen LogP contribution in [0.5, 0.6) is 0 Å². The molecular weight excluding hydrogens is 352 g/mol. The minimum Gasteiger partial charge on any atom is -0.335 e. The van der Waals surface area contributed by atoms with Gasteiger partial charge in [-0.1, -0.05) is 18.2 Å². The maximum atomic E-state index is 12.8. The Morgan fingerprint density at radius 2 is 1.73 bits per heavy atom. The van der Waals surface area contributed by atoms with Gasteiger partial charge < -0.3 is 9.80 Å². The molecule has 1 aromatic heterocycles. The summed E-state index contributed by atoms with van der Waals surface area (Å²) in [6.07, 6.45) is 1.47. The van der Waals surface area contributed by atoms with Gasteiger partial charge in [0.1, 0.15) is 5.69 Å². The van der Waals surface area contributed by atoms with Crippen molar-refractivity contribution in [1.82, 2.24) is 14.8 Å². The number of hydrogen-bond donors (Lipinski definition) is 0. The topological polar surface area (TPSA) is 73.8 Å². The second-order valence-electron chi connectivity index (χ2n) is 6.28. The fraction of sp³-hybridized carbons (Fsp3) is 0.333. The first-order valence-corrected chi connectivity index (χ1v) is 9.81. The van der Waals surface area contributed by atoms with E-state index in [1.165, 1.54) is 23.6 Å². The molecule has 138 valence electrons. The molecule has 1 saturated heterocycles. The zero-order valence-corrected chi connectivity index (χ0v) is 15.7. The average Bonchev–Trinajstić information content (AvgIpc) is 2.68. The molecule has 8 heteroatoms. The van der Waals surface area contributed by atoms with Crippen LogP contribution in [0.4, 0.5) is 5.69 Å². The van der Waals surface area contributed by atoms with Gasteiger partial charge in [-0.15, -0.1) is 0 Å². The third-order valence-electron chi connectivity index (χ3n) is 4.52. The summed E-state index contributed by atoms with van der Waals surface area (Å²) in [7, 11) is -0.201. The first kappa shape index (κ1) is 18.3. The van der Waals surface area contributed by atoms with Crippen LogP contribution in [0, 0.1) is 0 Å². The molecule has 1 aliphatic rings. The largest absolute Gasteiger partial charge is 0.335 e. The molecule has 1 amide bonds. The minimum absolute atomic E-state index is 0.176. The van der Waals surface area contributed by atoms with E-state index < -0.39 is 10.0 Å². The number of nitrogens with zero attached hydrogens (tertiary/aromatic N) is 4. The Morgan fingerprint density at radius 1 is 1.08 bits per heavy atom. The van der Waals surface area contributed by atoms with Crippen molar-refractivity contribution in [3.63, 3.8) is 0 Å². The number of carbonyl (C=O) groups excluding carboxylic acids is 1. The van der Waals surface area contributed by atoms with Crippen molar-refractivity contribution in [3.8, 4) is 0 Å². The molecule has 26 heavy (non-hydrogen) atoms. The summed E-state index contributed by atoms with van der Waals surface area (Å²) >= 11 is 0. The summed E-state index contributed by atoms with van der Waals surface area (Å²) in [5.74, 6) is -0.176. The number of pyridine rings is 1. The molecule has 2 heterocycles. The fourth-order valence-corrected chi connectivity index (χ4v) is 4.00. The number of anilines is 1. The zero-order valence-electron chi connectivity index (χ0n) is 14.9. The van der Waals surface area contributed by atoms with Crippen molar-refractivity contribution < 1.29 is 13.2 Å². The standard InChI is InChI=1S/C18H22N4O3S/c1-20-10-12-22(13-11-20)18(23)17-14-15(8-9-19-17)21(2)26(24,25)16-6-4-3-5-7-16/h3-9,14H,10-13H2,1-2H3. The lowest BCUT2D eigenvalue weighted by molar-refractivity contribution is 0.0658. The molecule has 0 bridgehead atoms. The lowest BCUT2D eigenvalue weighted by Crippen LogP contribution is -2.47. The monoisotopic (exact) mass is 374 g/mol. The number of rotatable bonds is 4. The number of piperazine rings is 1. The van der Waals surface area contributed by atoms with E-state index in [2.05, 4.69) is 9.88 Å². The van der Waals surface area contributed by atoms with E-state index in [-0.39, 0.29) is 16.5 Å². The summed E-state index contributed by atoms with van der Waals surface area (Å²) in [5.41, 5.74) is 0.656. The van der Waals surface area contributed by atoms with Crippen molar-refractivity contribution in [2.75, 3.05) is 44.6 Å². The number of carbonyl (C=O) groups is 1. The van der Waals surface area contributed by atoms with Gasteiger partial charge in [0, 0.05) is 39.4 Å². The molecule has 0 radical (unpaired) electrons. The summed E-state index contributed by atoms with van der Waals surface area (Å²) in [4.78, 5) is 20.9. The van der Waals surface area contributed by atoms with Gasteiger partial charge in [-0.05, 0) is 31.3 Å². The average molecular weight is 374 g/mol. The van der Waals surface area contributed by atoms with E-state index in [4.69, 9.17) is 0 Å². The number of sulfonamides is 1. The molecule has 3 rings (SSSR count). The Kier molecular flexibility index (Phi) is 5.24.